The maximum absolute atomic E-state index is 12.5. The van der Waals surface area contributed by atoms with Crippen molar-refractivity contribution in [3.05, 3.63) is 65.2 Å². The van der Waals surface area contributed by atoms with E-state index in [1.807, 2.05) is 6.92 Å². The van der Waals surface area contributed by atoms with Crippen molar-refractivity contribution < 1.29 is 13.2 Å². The third-order valence-corrected chi connectivity index (χ3v) is 6.86. The molecule has 0 aliphatic heterocycles. The monoisotopic (exact) mass is 400 g/mol. The van der Waals surface area contributed by atoms with Crippen molar-refractivity contribution >= 4 is 15.9 Å². The van der Waals surface area contributed by atoms with Crippen molar-refractivity contribution in [1.29, 1.82) is 0 Å². The molecule has 2 N–H and O–H groups in total. The molecule has 2 unspecified atom stereocenters. The van der Waals surface area contributed by atoms with E-state index in [-0.39, 0.29) is 23.4 Å². The van der Waals surface area contributed by atoms with Crippen LogP contribution in [0.1, 0.15) is 54.1 Å². The molecule has 2 aromatic rings. The summed E-state index contributed by atoms with van der Waals surface area (Å²) in [7, 11) is -3.56. The first-order valence-corrected chi connectivity index (χ1v) is 11.3. The van der Waals surface area contributed by atoms with Crippen LogP contribution in [0.15, 0.2) is 53.4 Å². The van der Waals surface area contributed by atoms with Gasteiger partial charge in [-0.05, 0) is 55.5 Å². The second-order valence-corrected chi connectivity index (χ2v) is 9.44. The van der Waals surface area contributed by atoms with Crippen molar-refractivity contribution in [2.24, 2.45) is 5.92 Å². The van der Waals surface area contributed by atoms with E-state index in [2.05, 4.69) is 17.0 Å². The minimum atomic E-state index is -3.56. The van der Waals surface area contributed by atoms with Gasteiger partial charge in [0, 0.05) is 18.2 Å². The molecule has 1 amide bonds. The zero-order valence-electron chi connectivity index (χ0n) is 16.4. The predicted molar refractivity (Wildman–Crippen MR) is 111 cm³/mol. The smallest absolute Gasteiger partial charge is 0.251 e. The average Bonchev–Trinajstić information content (AvgIpc) is 2.69. The topological polar surface area (TPSA) is 75.3 Å². The number of carbonyl (C=O) groups is 1. The summed E-state index contributed by atoms with van der Waals surface area (Å²) >= 11 is 0. The van der Waals surface area contributed by atoms with Crippen LogP contribution in [0.5, 0.6) is 0 Å². The molecular weight excluding hydrogens is 372 g/mol. The molecule has 1 aliphatic carbocycles. The van der Waals surface area contributed by atoms with Gasteiger partial charge in [-0.25, -0.2) is 13.1 Å². The van der Waals surface area contributed by atoms with E-state index in [0.29, 0.717) is 11.5 Å². The van der Waals surface area contributed by atoms with Crippen LogP contribution < -0.4 is 10.0 Å². The number of hydrogen-bond donors (Lipinski definition) is 2. The van der Waals surface area contributed by atoms with Crippen molar-refractivity contribution in [2.45, 2.75) is 57.0 Å². The summed E-state index contributed by atoms with van der Waals surface area (Å²) in [6.07, 6.45) is 4.59. The Morgan fingerprint density at radius 3 is 2.29 bits per heavy atom. The van der Waals surface area contributed by atoms with E-state index >= 15 is 0 Å². The molecule has 2 aromatic carbocycles. The predicted octanol–water partition coefficient (Wildman–Crippen LogP) is 3.78. The molecule has 1 aliphatic rings. The minimum Gasteiger partial charge on any atom is -0.349 e. The van der Waals surface area contributed by atoms with Crippen molar-refractivity contribution in [3.8, 4) is 0 Å². The van der Waals surface area contributed by atoms with Gasteiger partial charge in [0.25, 0.3) is 5.91 Å². The zero-order chi connectivity index (χ0) is 20.1. The maximum Gasteiger partial charge on any atom is 0.251 e. The molecule has 0 heterocycles. The summed E-state index contributed by atoms with van der Waals surface area (Å²) in [5, 5.41) is 3.14. The lowest BCUT2D eigenvalue weighted by Crippen LogP contribution is -2.41. The van der Waals surface area contributed by atoms with E-state index in [9.17, 15) is 13.2 Å². The fourth-order valence-electron chi connectivity index (χ4n) is 3.54. The van der Waals surface area contributed by atoms with Gasteiger partial charge in [-0.15, -0.1) is 0 Å². The number of carbonyl (C=O) groups excluding carboxylic acids is 1. The summed E-state index contributed by atoms with van der Waals surface area (Å²) in [6.45, 7) is 4.28. The third-order valence-electron chi connectivity index (χ3n) is 5.44. The molecule has 2 atom stereocenters. The van der Waals surface area contributed by atoms with Gasteiger partial charge in [-0.3, -0.25) is 4.79 Å². The molecule has 150 valence electrons. The highest BCUT2D eigenvalue weighted by Gasteiger charge is 2.23. The maximum atomic E-state index is 12.5. The van der Waals surface area contributed by atoms with Crippen molar-refractivity contribution in [2.75, 3.05) is 0 Å². The van der Waals surface area contributed by atoms with Crippen molar-refractivity contribution in [3.63, 3.8) is 0 Å². The zero-order valence-corrected chi connectivity index (χ0v) is 17.3. The quantitative estimate of drug-likeness (QED) is 0.775. The summed E-state index contributed by atoms with van der Waals surface area (Å²) in [4.78, 5) is 12.7. The van der Waals surface area contributed by atoms with Gasteiger partial charge in [0.05, 0.1) is 4.90 Å². The molecule has 5 nitrogen and oxygen atoms in total. The molecule has 1 saturated carbocycles. The highest BCUT2D eigenvalue weighted by molar-refractivity contribution is 7.89. The van der Waals surface area contributed by atoms with Crippen LogP contribution in [-0.2, 0) is 16.6 Å². The molecule has 1 fully saturated rings. The Labute approximate surface area is 167 Å². The van der Waals surface area contributed by atoms with Gasteiger partial charge >= 0.3 is 0 Å². The Hall–Kier alpha value is -2.18. The summed E-state index contributed by atoms with van der Waals surface area (Å²) in [5.41, 5.74) is 2.41. The second-order valence-electron chi connectivity index (χ2n) is 7.68. The lowest BCUT2D eigenvalue weighted by molar-refractivity contribution is 0.0910. The Morgan fingerprint density at radius 2 is 1.64 bits per heavy atom. The first-order chi connectivity index (χ1) is 13.3. The van der Waals surface area contributed by atoms with Gasteiger partial charge < -0.3 is 5.32 Å². The Kier molecular flexibility index (Phi) is 6.52. The second kappa shape index (κ2) is 8.88. The molecule has 0 saturated heterocycles. The molecule has 0 spiro atoms. The number of rotatable bonds is 6. The number of nitrogens with one attached hydrogen (secondary N) is 2. The first kappa shape index (κ1) is 20.6. The number of sulfonamides is 1. The largest absolute Gasteiger partial charge is 0.349 e. The molecule has 0 aromatic heterocycles. The number of hydrogen-bond acceptors (Lipinski definition) is 3. The van der Waals surface area contributed by atoms with Gasteiger partial charge in [0.15, 0.2) is 0 Å². The Bertz CT molecular complexity index is 906. The van der Waals surface area contributed by atoms with Gasteiger partial charge in [-0.2, -0.15) is 0 Å². The van der Waals surface area contributed by atoms with Gasteiger partial charge in [0.1, 0.15) is 0 Å². The van der Waals surface area contributed by atoms with Gasteiger partial charge in [-0.1, -0.05) is 49.6 Å². The van der Waals surface area contributed by atoms with Crippen LogP contribution >= 0.6 is 0 Å². The highest BCUT2D eigenvalue weighted by atomic mass is 32.2. The molecule has 0 bridgehead atoms. The third kappa shape index (κ3) is 5.20. The van der Waals surface area contributed by atoms with E-state index in [1.54, 1.807) is 48.5 Å². The highest BCUT2D eigenvalue weighted by Crippen LogP contribution is 2.24. The summed E-state index contributed by atoms with van der Waals surface area (Å²) < 4.78 is 27.3. The van der Waals surface area contributed by atoms with Crippen LogP contribution in [0.2, 0.25) is 0 Å². The average molecular weight is 401 g/mol. The van der Waals surface area contributed by atoms with E-state index in [1.165, 1.54) is 6.42 Å². The summed E-state index contributed by atoms with van der Waals surface area (Å²) in [5.74, 6) is 0.443. The normalized spacial score (nSPS) is 19.9. The van der Waals surface area contributed by atoms with E-state index in [0.717, 1.165) is 30.4 Å². The Balaban J connectivity index is 1.58. The lowest BCUT2D eigenvalue weighted by Gasteiger charge is -2.29. The number of aryl methyl sites for hydroxylation is 1. The van der Waals surface area contributed by atoms with Crippen LogP contribution in [0.25, 0.3) is 0 Å². The fraction of sp³-hybridized carbons (Fsp3) is 0.409. The van der Waals surface area contributed by atoms with Crippen LogP contribution in [-0.4, -0.2) is 20.4 Å². The standard InChI is InChI=1S/C22H28N2O3S/c1-16-7-13-20(14-8-16)28(26,27)23-15-18-9-11-19(12-10-18)22(25)24-21-6-4-3-5-17(21)2/h7-14,17,21,23H,3-6,15H2,1-2H3,(H,24,25). The van der Waals surface area contributed by atoms with Crippen LogP contribution in [0, 0.1) is 12.8 Å². The number of amides is 1. The summed E-state index contributed by atoms with van der Waals surface area (Å²) in [6, 6.07) is 14.0. The molecule has 0 radical (unpaired) electrons. The SMILES string of the molecule is Cc1ccc(S(=O)(=O)NCc2ccc(C(=O)NC3CCCCC3C)cc2)cc1. The molecule has 28 heavy (non-hydrogen) atoms. The molecule has 3 rings (SSSR count). The van der Waals surface area contributed by atoms with E-state index in [4.69, 9.17) is 0 Å². The van der Waals surface area contributed by atoms with Gasteiger partial charge in [0.2, 0.25) is 10.0 Å². The molecule has 6 heteroatoms. The van der Waals surface area contributed by atoms with Crippen LogP contribution in [0.3, 0.4) is 0 Å². The lowest BCUT2D eigenvalue weighted by atomic mass is 9.86. The minimum absolute atomic E-state index is 0.0643. The van der Waals surface area contributed by atoms with E-state index < -0.39 is 10.0 Å². The van der Waals surface area contributed by atoms with Crippen LogP contribution in [0.4, 0.5) is 0 Å². The molecular formula is C22H28N2O3S. The Morgan fingerprint density at radius 1 is 1.00 bits per heavy atom. The van der Waals surface area contributed by atoms with Crippen molar-refractivity contribution in [1.82, 2.24) is 10.0 Å². The fourth-order valence-corrected chi connectivity index (χ4v) is 4.55. The number of benzene rings is 2. The first-order valence-electron chi connectivity index (χ1n) is 9.81.